The van der Waals surface area contributed by atoms with Gasteiger partial charge in [0.05, 0.1) is 23.9 Å². The second kappa shape index (κ2) is 5.51. The molecule has 0 atom stereocenters. The monoisotopic (exact) mass is 375 g/mol. The number of carbonyl (C=O) groups excluding carboxylic acids is 3. The van der Waals surface area contributed by atoms with Crippen LogP contribution in [0.4, 0.5) is 5.69 Å². The van der Waals surface area contributed by atoms with Gasteiger partial charge in [0.15, 0.2) is 5.75 Å². The number of fused-ring (bicyclic) bond motifs is 1. The van der Waals surface area contributed by atoms with Crippen molar-refractivity contribution in [1.82, 2.24) is 0 Å². The zero-order valence-corrected chi connectivity index (χ0v) is 13.5. The van der Waals surface area contributed by atoms with Crippen molar-refractivity contribution in [3.63, 3.8) is 0 Å². The smallest absolute Gasteiger partial charge is 0.341 e. The Morgan fingerprint density at radius 2 is 1.70 bits per heavy atom. The molecule has 0 spiro atoms. The van der Waals surface area contributed by atoms with Gasteiger partial charge >= 0.3 is 5.97 Å². The lowest BCUT2D eigenvalue weighted by Gasteiger charge is -2.17. The van der Waals surface area contributed by atoms with Crippen LogP contribution in [0.25, 0.3) is 0 Å². The maximum absolute atomic E-state index is 12.5. The van der Waals surface area contributed by atoms with Crippen molar-refractivity contribution in [2.45, 2.75) is 0 Å². The molecular weight excluding hydrogens is 366 g/mol. The molecule has 7 heteroatoms. The molecule has 23 heavy (non-hydrogen) atoms. The van der Waals surface area contributed by atoms with Crippen molar-refractivity contribution in [3.8, 4) is 5.75 Å². The van der Waals surface area contributed by atoms with E-state index in [2.05, 4.69) is 20.7 Å². The fraction of sp³-hybridized carbons (Fsp3) is 0.0625. The zero-order chi connectivity index (χ0) is 16.7. The van der Waals surface area contributed by atoms with Gasteiger partial charge in [-0.1, -0.05) is 28.1 Å². The van der Waals surface area contributed by atoms with Crippen molar-refractivity contribution >= 4 is 39.4 Å². The summed E-state index contributed by atoms with van der Waals surface area (Å²) >= 11 is 3.20. The fourth-order valence-electron chi connectivity index (χ4n) is 2.43. The van der Waals surface area contributed by atoms with Crippen LogP contribution in [0.5, 0.6) is 5.75 Å². The molecule has 1 aliphatic rings. The van der Waals surface area contributed by atoms with Crippen LogP contribution in [-0.2, 0) is 4.74 Å². The van der Waals surface area contributed by atoms with Gasteiger partial charge in [0.2, 0.25) is 0 Å². The third kappa shape index (κ3) is 2.29. The lowest BCUT2D eigenvalue weighted by molar-refractivity contribution is 0.0596. The molecule has 1 N–H and O–H groups in total. The maximum atomic E-state index is 12.5. The number of carbonyl (C=O) groups is 3. The van der Waals surface area contributed by atoms with Crippen molar-refractivity contribution in [2.24, 2.45) is 0 Å². The topological polar surface area (TPSA) is 83.9 Å². The summed E-state index contributed by atoms with van der Waals surface area (Å²) in [7, 11) is 1.17. The Hall–Kier alpha value is -2.67. The molecule has 2 aromatic rings. The van der Waals surface area contributed by atoms with Gasteiger partial charge in [0.25, 0.3) is 11.8 Å². The number of aromatic hydroxyl groups is 1. The number of phenols is 1. The van der Waals surface area contributed by atoms with Gasteiger partial charge in [0.1, 0.15) is 5.56 Å². The molecule has 0 saturated heterocycles. The van der Waals surface area contributed by atoms with Crippen LogP contribution >= 0.6 is 15.9 Å². The molecule has 1 heterocycles. The Labute approximate surface area is 139 Å². The second-order valence-electron chi connectivity index (χ2n) is 4.80. The minimum atomic E-state index is -0.776. The van der Waals surface area contributed by atoms with E-state index in [-0.39, 0.29) is 22.4 Å². The number of nitrogens with zero attached hydrogens (tertiary/aromatic N) is 1. The van der Waals surface area contributed by atoms with Crippen LogP contribution in [0, 0.1) is 0 Å². The minimum Gasteiger partial charge on any atom is -0.505 e. The number of benzene rings is 2. The Bertz CT molecular complexity index is 827. The molecule has 0 aromatic heterocycles. The average Bonchev–Trinajstić information content (AvgIpc) is 2.80. The summed E-state index contributed by atoms with van der Waals surface area (Å²) in [5.74, 6) is -2.39. The van der Waals surface area contributed by atoms with Crippen molar-refractivity contribution in [3.05, 3.63) is 57.6 Å². The van der Waals surface area contributed by atoms with E-state index in [1.165, 1.54) is 31.4 Å². The van der Waals surface area contributed by atoms with Gasteiger partial charge in [0, 0.05) is 4.47 Å². The highest BCUT2D eigenvalue weighted by Gasteiger charge is 2.38. The van der Waals surface area contributed by atoms with E-state index in [0.29, 0.717) is 4.47 Å². The minimum absolute atomic E-state index is 0.0778. The van der Waals surface area contributed by atoms with Crippen LogP contribution in [0.3, 0.4) is 0 Å². The molecule has 0 radical (unpaired) electrons. The predicted molar refractivity (Wildman–Crippen MR) is 84.7 cm³/mol. The van der Waals surface area contributed by atoms with E-state index in [9.17, 15) is 19.5 Å². The number of ether oxygens (including phenoxy) is 1. The summed E-state index contributed by atoms with van der Waals surface area (Å²) in [6.07, 6.45) is 0. The van der Waals surface area contributed by atoms with Crippen molar-refractivity contribution in [1.29, 1.82) is 0 Å². The van der Waals surface area contributed by atoms with E-state index in [0.717, 1.165) is 4.90 Å². The SMILES string of the molecule is COC(=O)c1cc(Br)cc(N2C(=O)c3ccccc3C2=O)c1O. The largest absolute Gasteiger partial charge is 0.505 e. The number of methoxy groups -OCH3 is 1. The standard InChI is InChI=1S/C16H10BrNO5/c1-23-16(22)11-6-8(17)7-12(13(11)19)18-14(20)9-4-2-3-5-10(9)15(18)21/h2-7,19H,1H3. The quantitative estimate of drug-likeness (QED) is 0.644. The average molecular weight is 376 g/mol. The molecule has 116 valence electrons. The van der Waals surface area contributed by atoms with Crippen LogP contribution in [0.15, 0.2) is 40.9 Å². The van der Waals surface area contributed by atoms with E-state index in [4.69, 9.17) is 0 Å². The molecule has 1 aliphatic heterocycles. The van der Waals surface area contributed by atoms with Gasteiger partial charge in [-0.25, -0.2) is 9.69 Å². The number of hydrogen-bond acceptors (Lipinski definition) is 5. The normalized spacial score (nSPS) is 13.2. The van der Waals surface area contributed by atoms with Crippen LogP contribution in [0.2, 0.25) is 0 Å². The summed E-state index contributed by atoms with van der Waals surface area (Å²) in [5.41, 5.74) is 0.271. The second-order valence-corrected chi connectivity index (χ2v) is 5.72. The first-order valence-electron chi connectivity index (χ1n) is 6.54. The number of hydrogen-bond donors (Lipinski definition) is 1. The molecule has 6 nitrogen and oxygen atoms in total. The molecular formula is C16H10BrNO5. The van der Waals surface area contributed by atoms with Crippen LogP contribution < -0.4 is 4.90 Å². The van der Waals surface area contributed by atoms with E-state index in [1.807, 2.05) is 0 Å². The molecule has 0 aliphatic carbocycles. The molecule has 0 saturated carbocycles. The highest BCUT2D eigenvalue weighted by Crippen LogP contribution is 2.38. The third-order valence-corrected chi connectivity index (χ3v) is 3.95. The van der Waals surface area contributed by atoms with Gasteiger partial charge < -0.3 is 9.84 Å². The zero-order valence-electron chi connectivity index (χ0n) is 11.9. The van der Waals surface area contributed by atoms with Gasteiger partial charge in [-0.05, 0) is 24.3 Å². The van der Waals surface area contributed by atoms with E-state index >= 15 is 0 Å². The molecule has 2 aromatic carbocycles. The van der Waals surface area contributed by atoms with Gasteiger partial charge in [-0.2, -0.15) is 0 Å². The van der Waals surface area contributed by atoms with E-state index in [1.54, 1.807) is 12.1 Å². The summed E-state index contributed by atoms with van der Waals surface area (Å²) in [5, 5.41) is 10.3. The lowest BCUT2D eigenvalue weighted by atomic mass is 10.1. The maximum Gasteiger partial charge on any atom is 0.341 e. The number of anilines is 1. The van der Waals surface area contributed by atoms with Gasteiger partial charge in [-0.3, -0.25) is 9.59 Å². The molecule has 3 rings (SSSR count). The lowest BCUT2D eigenvalue weighted by Crippen LogP contribution is -2.29. The first-order chi connectivity index (χ1) is 11.0. The highest BCUT2D eigenvalue weighted by atomic mass is 79.9. The number of amides is 2. The molecule has 0 unspecified atom stereocenters. The van der Waals surface area contributed by atoms with Crippen LogP contribution in [-0.4, -0.2) is 30.0 Å². The van der Waals surface area contributed by atoms with E-state index < -0.39 is 23.5 Å². The summed E-state index contributed by atoms with van der Waals surface area (Å²) in [6.45, 7) is 0. The van der Waals surface area contributed by atoms with Crippen molar-refractivity contribution < 1.29 is 24.2 Å². The third-order valence-electron chi connectivity index (χ3n) is 3.49. The Morgan fingerprint density at radius 1 is 1.13 bits per heavy atom. The molecule has 0 bridgehead atoms. The highest BCUT2D eigenvalue weighted by molar-refractivity contribution is 9.10. The molecule has 2 amide bonds. The predicted octanol–water partition coefficient (Wildman–Crippen LogP) is 2.74. The Balaban J connectivity index is 2.18. The first kappa shape index (κ1) is 15.2. The summed E-state index contributed by atoms with van der Waals surface area (Å²) < 4.78 is 5.02. The van der Waals surface area contributed by atoms with Crippen molar-refractivity contribution in [2.75, 3.05) is 12.0 Å². The summed E-state index contributed by atoms with van der Waals surface area (Å²) in [4.78, 5) is 37.6. The fourth-order valence-corrected chi connectivity index (χ4v) is 2.87. The number of halogens is 1. The summed E-state index contributed by atoms with van der Waals surface area (Å²) in [6, 6.07) is 9.10. The Morgan fingerprint density at radius 3 is 2.22 bits per heavy atom. The number of phenolic OH excluding ortho intramolecular Hbond substituents is 1. The number of rotatable bonds is 2. The molecule has 0 fully saturated rings. The van der Waals surface area contributed by atoms with Crippen LogP contribution in [0.1, 0.15) is 31.1 Å². The number of imide groups is 1. The van der Waals surface area contributed by atoms with Gasteiger partial charge in [-0.15, -0.1) is 0 Å². The first-order valence-corrected chi connectivity index (χ1v) is 7.33. The Kier molecular flexibility index (Phi) is 3.65. The number of esters is 1.